The van der Waals surface area contributed by atoms with Crippen molar-refractivity contribution in [3.05, 3.63) is 59.2 Å². The summed E-state index contributed by atoms with van der Waals surface area (Å²) in [7, 11) is 0. The van der Waals surface area contributed by atoms with E-state index in [0.29, 0.717) is 5.75 Å². The molecule has 0 bridgehead atoms. The molecule has 0 saturated heterocycles. The van der Waals surface area contributed by atoms with Crippen LogP contribution in [-0.4, -0.2) is 11.9 Å². The van der Waals surface area contributed by atoms with Crippen molar-refractivity contribution in [1.29, 1.82) is 0 Å². The molecule has 0 aromatic heterocycles. The summed E-state index contributed by atoms with van der Waals surface area (Å²) in [6.07, 6.45) is -0.579. The molecular weight excluding hydrogens is 312 g/mol. The third kappa shape index (κ3) is 3.24. The maximum Gasteiger partial charge on any atom is 0.308 e. The molecule has 1 aliphatic rings. The number of thioether (sulfide) groups is 1. The lowest BCUT2D eigenvalue weighted by Gasteiger charge is -2.21. The normalized spacial score (nSPS) is 15.8. The summed E-state index contributed by atoms with van der Waals surface area (Å²) in [6, 6.07) is 13.4. The zero-order valence-electron chi connectivity index (χ0n) is 12.9. The van der Waals surface area contributed by atoms with Crippen LogP contribution in [0.5, 0.6) is 5.75 Å². The number of carbonyl (C=O) groups excluding carboxylic acids is 2. The molecule has 5 heteroatoms. The van der Waals surface area contributed by atoms with E-state index in [2.05, 4.69) is 0 Å². The first-order valence-corrected chi connectivity index (χ1v) is 8.24. The average molecular weight is 328 g/mol. The Labute approximate surface area is 138 Å². The van der Waals surface area contributed by atoms with Crippen LogP contribution >= 0.6 is 11.8 Å². The number of fused-ring (bicyclic) bond motifs is 2. The summed E-state index contributed by atoms with van der Waals surface area (Å²) in [6.45, 7) is 2.74. The van der Waals surface area contributed by atoms with E-state index in [9.17, 15) is 9.59 Å². The zero-order chi connectivity index (χ0) is 16.4. The van der Waals surface area contributed by atoms with Crippen molar-refractivity contribution in [1.82, 2.24) is 0 Å². The van der Waals surface area contributed by atoms with Crippen molar-refractivity contribution in [2.75, 3.05) is 0 Å². The summed E-state index contributed by atoms with van der Waals surface area (Å²) in [4.78, 5) is 24.1. The number of benzene rings is 2. The van der Waals surface area contributed by atoms with Gasteiger partial charge in [0, 0.05) is 35.6 Å². The molecule has 1 heterocycles. The van der Waals surface area contributed by atoms with E-state index >= 15 is 0 Å². The Kier molecular flexibility index (Phi) is 4.39. The third-order valence-corrected chi connectivity index (χ3v) is 4.68. The first kappa shape index (κ1) is 15.6. The van der Waals surface area contributed by atoms with Crippen LogP contribution in [0.2, 0.25) is 0 Å². The Morgan fingerprint density at radius 1 is 1.04 bits per heavy atom. The summed E-state index contributed by atoms with van der Waals surface area (Å²) in [5.41, 5.74) is 2.65. The van der Waals surface area contributed by atoms with E-state index in [1.165, 1.54) is 13.8 Å². The molecule has 1 unspecified atom stereocenters. The van der Waals surface area contributed by atoms with Crippen LogP contribution in [0.15, 0.2) is 47.4 Å². The molecule has 0 saturated carbocycles. The van der Waals surface area contributed by atoms with E-state index in [1.807, 2.05) is 36.4 Å². The fourth-order valence-electron chi connectivity index (χ4n) is 2.68. The van der Waals surface area contributed by atoms with E-state index < -0.39 is 12.1 Å². The molecule has 0 fully saturated rings. The number of ether oxygens (including phenoxy) is 2. The standard InChI is InChI=1S/C18H16O4S/c1-11(19)21-15-8-5-6-13-10-23-16-9-4-3-7-14(16)18(17(13)15)22-12(2)20/h3-9,18H,10H2,1-2H3. The van der Waals surface area contributed by atoms with E-state index in [-0.39, 0.29) is 5.97 Å². The molecular formula is C18H16O4S. The fourth-order valence-corrected chi connectivity index (χ4v) is 3.76. The molecule has 0 aliphatic carbocycles. The SMILES string of the molecule is CC(=O)Oc1cccc2c1C(OC(C)=O)c1ccccc1SC2. The van der Waals surface area contributed by atoms with Gasteiger partial charge in [-0.25, -0.2) is 0 Å². The van der Waals surface area contributed by atoms with Gasteiger partial charge in [0.2, 0.25) is 0 Å². The van der Waals surface area contributed by atoms with E-state index in [4.69, 9.17) is 9.47 Å². The van der Waals surface area contributed by atoms with Gasteiger partial charge in [-0.05, 0) is 17.7 Å². The van der Waals surface area contributed by atoms with Crippen LogP contribution < -0.4 is 4.74 Å². The monoisotopic (exact) mass is 328 g/mol. The number of esters is 2. The molecule has 118 valence electrons. The second kappa shape index (κ2) is 6.46. The molecule has 0 amide bonds. The minimum Gasteiger partial charge on any atom is -0.453 e. The number of hydrogen-bond donors (Lipinski definition) is 0. The maximum absolute atomic E-state index is 11.6. The zero-order valence-corrected chi connectivity index (χ0v) is 13.7. The van der Waals surface area contributed by atoms with Gasteiger partial charge in [-0.15, -0.1) is 11.8 Å². The lowest BCUT2D eigenvalue weighted by molar-refractivity contribution is -0.144. The average Bonchev–Trinajstić information content (AvgIpc) is 2.65. The highest BCUT2D eigenvalue weighted by Crippen LogP contribution is 2.44. The van der Waals surface area contributed by atoms with Gasteiger partial charge < -0.3 is 9.47 Å². The van der Waals surface area contributed by atoms with Gasteiger partial charge in [-0.3, -0.25) is 9.59 Å². The van der Waals surface area contributed by atoms with Gasteiger partial charge in [-0.1, -0.05) is 30.3 Å². The topological polar surface area (TPSA) is 52.6 Å². The first-order valence-electron chi connectivity index (χ1n) is 7.25. The number of carbonyl (C=O) groups is 2. The smallest absolute Gasteiger partial charge is 0.308 e. The van der Waals surface area contributed by atoms with Gasteiger partial charge in [0.05, 0.1) is 0 Å². The van der Waals surface area contributed by atoms with E-state index in [0.717, 1.165) is 27.3 Å². The molecule has 0 radical (unpaired) electrons. The van der Waals surface area contributed by atoms with Gasteiger partial charge >= 0.3 is 11.9 Å². The molecule has 4 nitrogen and oxygen atoms in total. The number of rotatable bonds is 2. The molecule has 1 atom stereocenters. The molecule has 0 spiro atoms. The molecule has 3 rings (SSSR count). The summed E-state index contributed by atoms with van der Waals surface area (Å²) >= 11 is 1.68. The van der Waals surface area contributed by atoms with Crippen LogP contribution in [0.4, 0.5) is 0 Å². The van der Waals surface area contributed by atoms with Crippen molar-refractivity contribution in [3.8, 4) is 5.75 Å². The first-order chi connectivity index (χ1) is 11.1. The van der Waals surface area contributed by atoms with Crippen LogP contribution in [-0.2, 0) is 20.1 Å². The summed E-state index contributed by atoms with van der Waals surface area (Å²) < 4.78 is 11.0. The summed E-state index contributed by atoms with van der Waals surface area (Å²) in [5, 5.41) is 0. The Bertz CT molecular complexity index is 769. The predicted octanol–water partition coefficient (Wildman–Crippen LogP) is 3.87. The Morgan fingerprint density at radius 3 is 2.57 bits per heavy atom. The van der Waals surface area contributed by atoms with Gasteiger partial charge in [0.25, 0.3) is 0 Å². The van der Waals surface area contributed by atoms with Crippen molar-refractivity contribution in [2.24, 2.45) is 0 Å². The quantitative estimate of drug-likeness (QED) is 0.619. The van der Waals surface area contributed by atoms with Gasteiger partial charge in [0.15, 0.2) is 6.10 Å². The Morgan fingerprint density at radius 2 is 1.83 bits per heavy atom. The molecule has 0 N–H and O–H groups in total. The largest absolute Gasteiger partial charge is 0.453 e. The lowest BCUT2D eigenvalue weighted by atomic mass is 9.96. The predicted molar refractivity (Wildman–Crippen MR) is 87.4 cm³/mol. The van der Waals surface area contributed by atoms with Crippen molar-refractivity contribution in [2.45, 2.75) is 30.6 Å². The second-order valence-corrected chi connectivity index (χ2v) is 6.26. The maximum atomic E-state index is 11.6. The minimum atomic E-state index is -0.579. The third-order valence-electron chi connectivity index (χ3n) is 3.54. The minimum absolute atomic E-state index is 0.375. The molecule has 2 aromatic carbocycles. The van der Waals surface area contributed by atoms with Crippen LogP contribution in [0.1, 0.15) is 36.6 Å². The molecule has 2 aromatic rings. The highest BCUT2D eigenvalue weighted by Gasteiger charge is 2.29. The highest BCUT2D eigenvalue weighted by atomic mass is 32.2. The molecule has 23 heavy (non-hydrogen) atoms. The van der Waals surface area contributed by atoms with Crippen LogP contribution in [0.25, 0.3) is 0 Å². The van der Waals surface area contributed by atoms with Gasteiger partial charge in [0.1, 0.15) is 5.75 Å². The number of hydrogen-bond acceptors (Lipinski definition) is 5. The fraction of sp³-hybridized carbons (Fsp3) is 0.222. The van der Waals surface area contributed by atoms with Crippen LogP contribution in [0.3, 0.4) is 0 Å². The van der Waals surface area contributed by atoms with Crippen molar-refractivity contribution in [3.63, 3.8) is 0 Å². The molecule has 1 aliphatic heterocycles. The van der Waals surface area contributed by atoms with Crippen molar-refractivity contribution >= 4 is 23.7 Å². The Hall–Kier alpha value is -2.27. The van der Waals surface area contributed by atoms with Crippen LogP contribution in [0, 0.1) is 0 Å². The van der Waals surface area contributed by atoms with Crippen molar-refractivity contribution < 1.29 is 19.1 Å². The highest BCUT2D eigenvalue weighted by molar-refractivity contribution is 7.98. The Balaban J connectivity index is 2.20. The second-order valence-electron chi connectivity index (χ2n) is 5.24. The summed E-state index contributed by atoms with van der Waals surface area (Å²) in [5.74, 6) is 0.392. The van der Waals surface area contributed by atoms with Gasteiger partial charge in [-0.2, -0.15) is 0 Å². The lowest BCUT2D eigenvalue weighted by Crippen LogP contribution is -2.14. The van der Waals surface area contributed by atoms with E-state index in [1.54, 1.807) is 17.8 Å².